The Kier molecular flexibility index (Phi) is 22.8. The maximum Gasteiger partial charge on any atom is 3.00 e. The molecule has 1 N–H and O–H groups in total. The second-order valence-electron chi connectivity index (χ2n) is 23.7. The van der Waals surface area contributed by atoms with E-state index in [-0.39, 0.29) is 51.8 Å². The number of ketones is 1. The van der Waals surface area contributed by atoms with Crippen LogP contribution in [0.4, 0.5) is 0 Å². The summed E-state index contributed by atoms with van der Waals surface area (Å²) in [7, 11) is 0. The molecule has 17 rings (SSSR count). The molecule has 0 aliphatic rings. The standard InChI is InChI=1S/C39H26N2.C33H20N3.C15H10N.C5H8O2.2Ir/c1-3-13-27(14-4-1)37-31-17-7-9-19-33(31)38(34-20-10-8-18-32(34)37)28-23-25-30(26-24-28)41-36-22-12-11-21-35(36)40-39(41)29-15-5-2-6-16-29;1-2-10-24(11-3-1)30-17-8-18-31(35-30)27-14-7-15-28(23-27)33-20-9-19-32(36-33)26-13-6-12-25(22-26)29-16-4-5-21-34-29;1-2-6-12(7-3-1)15-11-10-13-8-4-5-9-14(13)16-15;1-4(6)3-5(2)7;;/h1-26H;1-10,12-21H;1-6,8-11H;3,6H,1-2H3;;/q;-3;-1;;;+3. The van der Waals surface area contributed by atoms with Crippen LogP contribution in [-0.4, -0.2) is 40.4 Å². The van der Waals surface area contributed by atoms with Gasteiger partial charge in [-0.1, -0.05) is 235 Å². The molecule has 5 heterocycles. The van der Waals surface area contributed by atoms with Crippen molar-refractivity contribution in [1.82, 2.24) is 29.5 Å². The first kappa shape index (κ1) is 69.9. The number of nitrogens with zero attached hydrogens (tertiary/aromatic N) is 6. The Morgan fingerprint density at radius 1 is 0.363 bits per heavy atom. The largest absolute Gasteiger partial charge is 3.00 e. The number of carbonyl (C=O) groups excluding carboxylic acids is 1. The molecule has 0 atom stereocenters. The van der Waals surface area contributed by atoms with Gasteiger partial charge < -0.3 is 15.1 Å². The number of aromatic nitrogens is 6. The molecular weight excluding hydrogens is 1610 g/mol. The van der Waals surface area contributed by atoms with Crippen LogP contribution in [0.25, 0.3) is 150 Å². The summed E-state index contributed by atoms with van der Waals surface area (Å²) in [5.41, 5.74) is 21.3. The van der Waals surface area contributed by atoms with Crippen molar-refractivity contribution in [3.05, 3.63) is 376 Å². The summed E-state index contributed by atoms with van der Waals surface area (Å²) in [4.78, 5) is 33.9. The summed E-state index contributed by atoms with van der Waals surface area (Å²) in [5, 5.41) is 14.6. The van der Waals surface area contributed by atoms with Crippen LogP contribution in [0, 0.1) is 24.3 Å². The maximum absolute atomic E-state index is 10.0. The molecule has 102 heavy (non-hydrogen) atoms. The molecule has 0 amide bonds. The maximum atomic E-state index is 10.0. The average molecular weight is 1670 g/mol. The third kappa shape index (κ3) is 16.2. The summed E-state index contributed by atoms with van der Waals surface area (Å²) in [6.07, 6.45) is 2.96. The molecule has 12 aromatic carbocycles. The second-order valence-corrected chi connectivity index (χ2v) is 23.7. The Labute approximate surface area is 620 Å². The minimum atomic E-state index is -0.125. The summed E-state index contributed by atoms with van der Waals surface area (Å²) in [6.45, 7) is 2.85. The third-order valence-corrected chi connectivity index (χ3v) is 16.8. The quantitative estimate of drug-likeness (QED) is 0.0595. The van der Waals surface area contributed by atoms with Gasteiger partial charge in [0.1, 0.15) is 5.82 Å². The van der Waals surface area contributed by atoms with Gasteiger partial charge in [-0.05, 0) is 128 Å². The minimum absolute atomic E-state index is 0. The predicted octanol–water partition coefficient (Wildman–Crippen LogP) is 22.7. The zero-order chi connectivity index (χ0) is 68.0. The minimum Gasteiger partial charge on any atom is -0.512 e. The van der Waals surface area contributed by atoms with Gasteiger partial charge in [-0.25, -0.2) is 4.98 Å². The number of aliphatic hydroxyl groups is 1. The van der Waals surface area contributed by atoms with Crippen LogP contribution < -0.4 is 0 Å². The van der Waals surface area contributed by atoms with Gasteiger partial charge in [0.2, 0.25) is 0 Å². The number of hydrogen-bond acceptors (Lipinski definition) is 7. The van der Waals surface area contributed by atoms with E-state index < -0.39 is 0 Å². The van der Waals surface area contributed by atoms with E-state index in [1.807, 2.05) is 176 Å². The first-order valence-corrected chi connectivity index (χ1v) is 33.0. The summed E-state index contributed by atoms with van der Waals surface area (Å²) in [6, 6.07) is 128. The van der Waals surface area contributed by atoms with Gasteiger partial charge >= 0.3 is 20.1 Å². The molecule has 17 aromatic rings. The Morgan fingerprint density at radius 2 is 0.775 bits per heavy atom. The van der Waals surface area contributed by atoms with E-state index in [4.69, 9.17) is 20.1 Å². The summed E-state index contributed by atoms with van der Waals surface area (Å²) in [5.74, 6) is 0.884. The molecular formula is C92H64Ir2N6O2-. The summed E-state index contributed by atoms with van der Waals surface area (Å²) < 4.78 is 2.27. The number of imidazole rings is 1. The second kappa shape index (κ2) is 33.2. The normalized spacial score (nSPS) is 10.8. The molecule has 0 aliphatic heterocycles. The van der Waals surface area contributed by atoms with Crippen LogP contribution in [-0.2, 0) is 45.0 Å². The van der Waals surface area contributed by atoms with Gasteiger partial charge in [-0.3, -0.25) is 19.3 Å². The number of carbonyl (C=O) groups is 1. The molecule has 5 aromatic heterocycles. The van der Waals surface area contributed by atoms with Gasteiger partial charge in [0.25, 0.3) is 0 Å². The van der Waals surface area contributed by atoms with Crippen LogP contribution in [0.5, 0.6) is 0 Å². The zero-order valence-corrected chi connectivity index (χ0v) is 60.4. The van der Waals surface area contributed by atoms with Crippen LogP contribution in [0.15, 0.2) is 352 Å². The van der Waals surface area contributed by atoms with Gasteiger partial charge in [0.05, 0.1) is 22.3 Å². The van der Waals surface area contributed by atoms with E-state index in [9.17, 15) is 4.79 Å². The molecule has 0 bridgehead atoms. The van der Waals surface area contributed by atoms with Crippen LogP contribution >= 0.6 is 0 Å². The van der Waals surface area contributed by atoms with Crippen molar-refractivity contribution in [1.29, 1.82) is 0 Å². The fourth-order valence-corrected chi connectivity index (χ4v) is 12.3. The van der Waals surface area contributed by atoms with E-state index in [1.165, 1.54) is 69.1 Å². The number of rotatable bonds is 11. The predicted molar refractivity (Wildman–Crippen MR) is 409 cm³/mol. The number of hydrogen-bond donors (Lipinski definition) is 1. The monoisotopic (exact) mass is 1670 g/mol. The fraction of sp³-hybridized carbons (Fsp3) is 0.0217. The van der Waals surface area contributed by atoms with E-state index in [0.29, 0.717) is 0 Å². The van der Waals surface area contributed by atoms with Gasteiger partial charge in [0.15, 0.2) is 5.78 Å². The number of aliphatic hydroxyl groups excluding tert-OH is 1. The van der Waals surface area contributed by atoms with E-state index in [0.717, 1.165) is 101 Å². The number of pyridine rings is 4. The first-order chi connectivity index (χ1) is 49.3. The Morgan fingerprint density at radius 3 is 1.26 bits per heavy atom. The topological polar surface area (TPSA) is 107 Å². The molecule has 493 valence electrons. The number of para-hydroxylation sites is 3. The molecule has 1 radical (unpaired) electrons. The van der Waals surface area contributed by atoms with Crippen molar-refractivity contribution in [2.45, 2.75) is 13.8 Å². The molecule has 0 aliphatic carbocycles. The van der Waals surface area contributed by atoms with E-state index in [2.05, 4.69) is 197 Å². The van der Waals surface area contributed by atoms with Crippen molar-refractivity contribution in [3.8, 4) is 107 Å². The van der Waals surface area contributed by atoms with Crippen molar-refractivity contribution in [3.63, 3.8) is 0 Å². The first-order valence-electron chi connectivity index (χ1n) is 33.0. The Hall–Kier alpha value is -12.0. The van der Waals surface area contributed by atoms with Crippen molar-refractivity contribution in [2.75, 3.05) is 0 Å². The van der Waals surface area contributed by atoms with Gasteiger partial charge in [0, 0.05) is 49.3 Å². The molecule has 0 unspecified atom stereocenters. The van der Waals surface area contributed by atoms with Crippen molar-refractivity contribution >= 4 is 49.3 Å². The number of allylic oxidation sites excluding steroid dienone is 2. The molecule has 0 saturated heterocycles. The van der Waals surface area contributed by atoms with Crippen molar-refractivity contribution < 1.29 is 50.1 Å². The SMILES string of the molecule is CC(=O)C=C(C)O.[Ir+3].[Ir].[c-]1ccccc1-c1ccc2ccccc2n1.[c-]1ccccc1-c1cccc(-c2[c-]c(-c3cccc(-c4[c-]c(-c5ccccn5)ccc4)n3)ccc2)n1.c1ccc(-c2c3ccccc3c(-c3ccc(-n4c(-c5ccccc5)nc5ccccc54)cc3)c3ccccc23)cc1. The van der Waals surface area contributed by atoms with Crippen LogP contribution in [0.2, 0.25) is 0 Å². The van der Waals surface area contributed by atoms with Gasteiger partial charge in [-0.15, -0.1) is 120 Å². The van der Waals surface area contributed by atoms with Crippen molar-refractivity contribution in [2.24, 2.45) is 0 Å². The van der Waals surface area contributed by atoms with Gasteiger partial charge in [-0.2, -0.15) is 0 Å². The fourth-order valence-electron chi connectivity index (χ4n) is 12.3. The number of fused-ring (bicyclic) bond motifs is 4. The van der Waals surface area contributed by atoms with Crippen LogP contribution in [0.1, 0.15) is 13.8 Å². The molecule has 0 saturated carbocycles. The Balaban J connectivity index is 0.000000146. The molecule has 10 heteroatoms. The third-order valence-electron chi connectivity index (χ3n) is 16.8. The zero-order valence-electron chi connectivity index (χ0n) is 55.6. The molecule has 0 fully saturated rings. The summed E-state index contributed by atoms with van der Waals surface area (Å²) >= 11 is 0. The molecule has 0 spiro atoms. The van der Waals surface area contributed by atoms with E-state index >= 15 is 0 Å². The van der Waals surface area contributed by atoms with Crippen LogP contribution in [0.3, 0.4) is 0 Å². The number of benzene rings is 12. The van der Waals surface area contributed by atoms with E-state index in [1.54, 1.807) is 6.20 Å². The average Bonchev–Trinajstić information content (AvgIpc) is 1.58. The smallest absolute Gasteiger partial charge is 0.512 e. The molecule has 8 nitrogen and oxygen atoms in total. The Bertz CT molecular complexity index is 5530.